The Hall–Kier alpha value is -3.34. The van der Waals surface area contributed by atoms with Crippen LogP contribution in [0.4, 0.5) is 0 Å². The fraction of sp³-hybridized carbons (Fsp3) is 0.250. The van der Waals surface area contributed by atoms with Crippen LogP contribution in [0.25, 0.3) is 0 Å². The minimum Gasteiger partial charge on any atom is -0.493 e. The van der Waals surface area contributed by atoms with Crippen LogP contribution in [0.5, 0.6) is 11.5 Å². The Labute approximate surface area is 171 Å². The van der Waals surface area contributed by atoms with Crippen LogP contribution in [0.3, 0.4) is 0 Å². The molecule has 5 heteroatoms. The lowest BCUT2D eigenvalue weighted by Gasteiger charge is -2.28. The van der Waals surface area contributed by atoms with E-state index in [4.69, 9.17) is 9.47 Å². The number of carbonyl (C=O) groups excluding carboxylic acids is 1. The van der Waals surface area contributed by atoms with E-state index in [0.29, 0.717) is 30.2 Å². The Morgan fingerprint density at radius 3 is 2.41 bits per heavy atom. The molecule has 1 aromatic heterocycles. The van der Waals surface area contributed by atoms with E-state index in [1.54, 1.807) is 14.2 Å². The number of pyridine rings is 1. The van der Waals surface area contributed by atoms with Gasteiger partial charge in [-0.2, -0.15) is 0 Å². The van der Waals surface area contributed by atoms with E-state index >= 15 is 0 Å². The van der Waals surface area contributed by atoms with Crippen LogP contribution >= 0.6 is 0 Å². The summed E-state index contributed by atoms with van der Waals surface area (Å²) in [7, 11) is 3.26. The first-order valence-electron chi connectivity index (χ1n) is 9.74. The van der Waals surface area contributed by atoms with Gasteiger partial charge in [-0.3, -0.25) is 4.79 Å². The molecule has 29 heavy (non-hydrogen) atoms. The summed E-state index contributed by atoms with van der Waals surface area (Å²) in [4.78, 5) is 14.8. The van der Waals surface area contributed by atoms with Gasteiger partial charge in [0.2, 0.25) is 0 Å². The number of rotatable bonds is 5. The number of aromatic nitrogens is 1. The average molecular weight is 389 g/mol. The highest BCUT2D eigenvalue weighted by molar-refractivity contribution is 5.94. The largest absolute Gasteiger partial charge is 0.493 e. The summed E-state index contributed by atoms with van der Waals surface area (Å²) in [6.07, 6.45) is 4.80. The first kappa shape index (κ1) is 19.0. The van der Waals surface area contributed by atoms with E-state index in [2.05, 4.69) is 18.2 Å². The van der Waals surface area contributed by atoms with Gasteiger partial charge in [0.25, 0.3) is 5.91 Å². The summed E-state index contributed by atoms with van der Waals surface area (Å²) >= 11 is 0. The highest BCUT2D eigenvalue weighted by Gasteiger charge is 2.22. The lowest BCUT2D eigenvalue weighted by atomic mass is 9.99. The van der Waals surface area contributed by atoms with Crippen LogP contribution in [0.2, 0.25) is 0 Å². The number of amides is 1. The molecule has 0 saturated heterocycles. The molecule has 1 aliphatic heterocycles. The molecular weight excluding hydrogens is 364 g/mol. The maximum absolute atomic E-state index is 12.9. The summed E-state index contributed by atoms with van der Waals surface area (Å²) in [5, 5.41) is 0. The van der Waals surface area contributed by atoms with Gasteiger partial charge in [0.15, 0.2) is 30.4 Å². The summed E-state index contributed by atoms with van der Waals surface area (Å²) < 4.78 is 12.7. The summed E-state index contributed by atoms with van der Waals surface area (Å²) in [5.41, 5.74) is 4.40. The predicted molar refractivity (Wildman–Crippen MR) is 110 cm³/mol. The van der Waals surface area contributed by atoms with Crippen molar-refractivity contribution in [3.8, 4) is 11.5 Å². The number of carbonyl (C=O) groups is 1. The van der Waals surface area contributed by atoms with Crippen LogP contribution in [0, 0.1) is 0 Å². The van der Waals surface area contributed by atoms with Gasteiger partial charge in [-0.05, 0) is 35.7 Å². The summed E-state index contributed by atoms with van der Waals surface area (Å²) in [5.74, 6) is 1.51. The molecule has 0 bridgehead atoms. The lowest BCUT2D eigenvalue weighted by Crippen LogP contribution is -2.37. The SMILES string of the molecule is COc1ccc(C[n+]2ccc(C(=O)N3CCc4ccccc4C3)cc2)cc1OC. The molecule has 3 aromatic rings. The third-order valence-electron chi connectivity index (χ3n) is 5.37. The zero-order valence-electron chi connectivity index (χ0n) is 16.8. The fourth-order valence-electron chi connectivity index (χ4n) is 3.75. The molecule has 0 saturated carbocycles. The molecule has 0 radical (unpaired) electrons. The van der Waals surface area contributed by atoms with Crippen LogP contribution in [0.15, 0.2) is 67.0 Å². The molecule has 148 valence electrons. The second-order valence-corrected chi connectivity index (χ2v) is 7.19. The minimum absolute atomic E-state index is 0.0813. The van der Waals surface area contributed by atoms with E-state index in [0.717, 1.165) is 18.5 Å². The minimum atomic E-state index is 0.0813. The lowest BCUT2D eigenvalue weighted by molar-refractivity contribution is -0.688. The highest BCUT2D eigenvalue weighted by atomic mass is 16.5. The molecule has 1 aliphatic rings. The molecule has 0 unspecified atom stereocenters. The van der Waals surface area contributed by atoms with Crippen molar-refractivity contribution >= 4 is 5.91 Å². The van der Waals surface area contributed by atoms with Gasteiger partial charge in [0.1, 0.15) is 0 Å². The van der Waals surface area contributed by atoms with E-state index in [1.807, 2.05) is 58.3 Å². The van der Waals surface area contributed by atoms with Crippen LogP contribution in [-0.4, -0.2) is 31.6 Å². The number of hydrogen-bond acceptors (Lipinski definition) is 3. The quantitative estimate of drug-likeness (QED) is 0.629. The third kappa shape index (κ3) is 4.09. The van der Waals surface area contributed by atoms with Gasteiger partial charge in [0, 0.05) is 30.8 Å². The molecule has 2 heterocycles. The number of benzene rings is 2. The van der Waals surface area contributed by atoms with Crippen molar-refractivity contribution in [3.63, 3.8) is 0 Å². The zero-order chi connectivity index (χ0) is 20.2. The maximum atomic E-state index is 12.9. The van der Waals surface area contributed by atoms with Crippen molar-refractivity contribution in [3.05, 3.63) is 89.2 Å². The number of hydrogen-bond donors (Lipinski definition) is 0. The second kappa shape index (κ2) is 8.35. The zero-order valence-corrected chi connectivity index (χ0v) is 16.8. The molecular formula is C24H25N2O3+. The van der Waals surface area contributed by atoms with Crippen molar-refractivity contribution in [1.29, 1.82) is 0 Å². The van der Waals surface area contributed by atoms with Crippen LogP contribution < -0.4 is 14.0 Å². The molecule has 0 fully saturated rings. The van der Waals surface area contributed by atoms with Gasteiger partial charge in [-0.1, -0.05) is 24.3 Å². The Morgan fingerprint density at radius 1 is 0.966 bits per heavy atom. The van der Waals surface area contributed by atoms with E-state index < -0.39 is 0 Å². The van der Waals surface area contributed by atoms with Crippen molar-refractivity contribution in [2.45, 2.75) is 19.5 Å². The Balaban J connectivity index is 1.45. The molecule has 2 aromatic carbocycles. The smallest absolute Gasteiger partial charge is 0.254 e. The highest BCUT2D eigenvalue weighted by Crippen LogP contribution is 2.27. The average Bonchev–Trinajstić information content (AvgIpc) is 2.78. The van der Waals surface area contributed by atoms with Crippen molar-refractivity contribution < 1.29 is 18.8 Å². The maximum Gasteiger partial charge on any atom is 0.254 e. The fourth-order valence-corrected chi connectivity index (χ4v) is 3.75. The summed E-state index contributed by atoms with van der Waals surface area (Å²) in [6, 6.07) is 18.0. The Morgan fingerprint density at radius 2 is 1.69 bits per heavy atom. The third-order valence-corrected chi connectivity index (χ3v) is 5.37. The standard InChI is InChI=1S/C24H25N2O3/c1-28-22-8-7-18(15-23(22)29-2)16-25-12-9-20(10-13-25)24(27)26-14-11-19-5-3-4-6-21(19)17-26/h3-10,12-13,15H,11,14,16-17H2,1-2H3/q+1. The van der Waals surface area contributed by atoms with Gasteiger partial charge >= 0.3 is 0 Å². The molecule has 0 spiro atoms. The molecule has 0 aliphatic carbocycles. The normalized spacial score (nSPS) is 13.0. The first-order valence-corrected chi connectivity index (χ1v) is 9.74. The Bertz CT molecular complexity index is 1010. The topological polar surface area (TPSA) is 42.7 Å². The number of methoxy groups -OCH3 is 2. The number of ether oxygens (including phenoxy) is 2. The Kier molecular flexibility index (Phi) is 5.47. The monoisotopic (exact) mass is 389 g/mol. The van der Waals surface area contributed by atoms with Crippen LogP contribution in [0.1, 0.15) is 27.0 Å². The molecule has 5 nitrogen and oxygen atoms in total. The predicted octanol–water partition coefficient (Wildman–Crippen LogP) is 3.24. The van der Waals surface area contributed by atoms with Gasteiger partial charge < -0.3 is 14.4 Å². The van der Waals surface area contributed by atoms with Crippen molar-refractivity contribution in [1.82, 2.24) is 4.90 Å². The molecule has 4 rings (SSSR count). The van der Waals surface area contributed by atoms with Crippen molar-refractivity contribution in [2.24, 2.45) is 0 Å². The second-order valence-electron chi connectivity index (χ2n) is 7.19. The van der Waals surface area contributed by atoms with E-state index in [-0.39, 0.29) is 5.91 Å². The van der Waals surface area contributed by atoms with E-state index in [9.17, 15) is 4.79 Å². The van der Waals surface area contributed by atoms with Crippen molar-refractivity contribution in [2.75, 3.05) is 20.8 Å². The van der Waals surface area contributed by atoms with Gasteiger partial charge in [-0.25, -0.2) is 4.57 Å². The van der Waals surface area contributed by atoms with Crippen LogP contribution in [-0.2, 0) is 19.5 Å². The molecule has 1 amide bonds. The molecule has 0 atom stereocenters. The van der Waals surface area contributed by atoms with Gasteiger partial charge in [-0.15, -0.1) is 0 Å². The first-order chi connectivity index (χ1) is 14.2. The number of nitrogens with zero attached hydrogens (tertiary/aromatic N) is 2. The number of fused-ring (bicyclic) bond motifs is 1. The molecule has 0 N–H and O–H groups in total. The summed E-state index contributed by atoms with van der Waals surface area (Å²) in [6.45, 7) is 2.12. The van der Waals surface area contributed by atoms with E-state index in [1.165, 1.54) is 11.1 Å². The van der Waals surface area contributed by atoms with Gasteiger partial charge in [0.05, 0.1) is 19.8 Å².